The highest BCUT2D eigenvalue weighted by molar-refractivity contribution is 5.93. The third-order valence-corrected chi connectivity index (χ3v) is 4.35. The molecule has 7 heteroatoms. The van der Waals surface area contributed by atoms with Gasteiger partial charge in [0.05, 0.1) is 23.1 Å². The van der Waals surface area contributed by atoms with Crippen molar-refractivity contribution < 1.29 is 9.53 Å². The lowest BCUT2D eigenvalue weighted by molar-refractivity contribution is -0.0321. The molecule has 2 atom stereocenters. The molecule has 1 amide bonds. The molecule has 24 heavy (non-hydrogen) atoms. The molecular formula is C17H23N5O2. The molecule has 0 aliphatic carbocycles. The van der Waals surface area contributed by atoms with Crippen LogP contribution in [-0.4, -0.2) is 39.0 Å². The zero-order chi connectivity index (χ0) is 16.9. The minimum atomic E-state index is -0.124. The number of amides is 1. The van der Waals surface area contributed by atoms with Gasteiger partial charge < -0.3 is 10.1 Å². The Labute approximate surface area is 141 Å². The Hall–Kier alpha value is -2.28. The topological polar surface area (TPSA) is 81.9 Å². The summed E-state index contributed by atoms with van der Waals surface area (Å²) in [5.74, 6) is 0.113. The summed E-state index contributed by atoms with van der Waals surface area (Å²) >= 11 is 0. The van der Waals surface area contributed by atoms with E-state index in [1.54, 1.807) is 12.3 Å². The number of carbonyl (C=O) groups excluding carboxylic acids is 1. The SMILES string of the molecule is CCn1nccc1[C@@H]1OCCC[C@H]1CNC(=O)c1cnnc(C)c1. The monoisotopic (exact) mass is 329 g/mol. The van der Waals surface area contributed by atoms with E-state index in [-0.39, 0.29) is 17.9 Å². The summed E-state index contributed by atoms with van der Waals surface area (Å²) in [5, 5.41) is 15.0. The van der Waals surface area contributed by atoms with Gasteiger partial charge in [0.15, 0.2) is 0 Å². The van der Waals surface area contributed by atoms with Crippen LogP contribution in [0.5, 0.6) is 0 Å². The van der Waals surface area contributed by atoms with Gasteiger partial charge in [-0.25, -0.2) is 0 Å². The van der Waals surface area contributed by atoms with Crippen molar-refractivity contribution >= 4 is 5.91 Å². The van der Waals surface area contributed by atoms with Crippen molar-refractivity contribution in [3.05, 3.63) is 41.5 Å². The van der Waals surface area contributed by atoms with Crippen LogP contribution in [0.4, 0.5) is 0 Å². The van der Waals surface area contributed by atoms with Gasteiger partial charge in [-0.2, -0.15) is 15.3 Å². The number of nitrogens with one attached hydrogen (secondary N) is 1. The number of carbonyl (C=O) groups is 1. The lowest BCUT2D eigenvalue weighted by Gasteiger charge is -2.32. The molecular weight excluding hydrogens is 306 g/mol. The summed E-state index contributed by atoms with van der Waals surface area (Å²) < 4.78 is 7.96. The van der Waals surface area contributed by atoms with Gasteiger partial charge in [0, 0.05) is 31.8 Å². The van der Waals surface area contributed by atoms with Gasteiger partial charge in [-0.15, -0.1) is 0 Å². The Bertz CT molecular complexity index is 700. The first kappa shape index (κ1) is 16.6. The molecule has 1 fully saturated rings. The van der Waals surface area contributed by atoms with Gasteiger partial charge in [0.1, 0.15) is 6.10 Å². The molecule has 0 aromatic carbocycles. The van der Waals surface area contributed by atoms with Crippen LogP contribution >= 0.6 is 0 Å². The molecule has 3 rings (SSSR count). The zero-order valence-corrected chi connectivity index (χ0v) is 14.1. The van der Waals surface area contributed by atoms with Crippen LogP contribution < -0.4 is 5.32 Å². The largest absolute Gasteiger partial charge is 0.372 e. The van der Waals surface area contributed by atoms with Crippen molar-refractivity contribution in [2.45, 2.75) is 39.3 Å². The molecule has 2 aromatic rings. The molecule has 1 saturated heterocycles. The molecule has 7 nitrogen and oxygen atoms in total. The fourth-order valence-corrected chi connectivity index (χ4v) is 3.15. The van der Waals surface area contributed by atoms with Gasteiger partial charge >= 0.3 is 0 Å². The second-order valence-electron chi connectivity index (χ2n) is 6.06. The Kier molecular flexibility index (Phi) is 5.20. The van der Waals surface area contributed by atoms with E-state index in [1.807, 2.05) is 17.7 Å². The van der Waals surface area contributed by atoms with E-state index >= 15 is 0 Å². The van der Waals surface area contributed by atoms with Crippen LogP contribution in [0.2, 0.25) is 0 Å². The average molecular weight is 329 g/mol. The van der Waals surface area contributed by atoms with Crippen LogP contribution in [0, 0.1) is 12.8 Å². The van der Waals surface area contributed by atoms with Crippen molar-refractivity contribution in [2.75, 3.05) is 13.2 Å². The van der Waals surface area contributed by atoms with Crippen LogP contribution in [0.3, 0.4) is 0 Å². The molecule has 3 heterocycles. The molecule has 0 bridgehead atoms. The molecule has 1 aliphatic rings. The zero-order valence-electron chi connectivity index (χ0n) is 14.1. The number of ether oxygens (including phenoxy) is 1. The first-order valence-corrected chi connectivity index (χ1v) is 8.40. The number of hydrogen-bond donors (Lipinski definition) is 1. The van der Waals surface area contributed by atoms with E-state index in [2.05, 4.69) is 27.5 Å². The Morgan fingerprint density at radius 2 is 2.38 bits per heavy atom. The van der Waals surface area contributed by atoms with E-state index in [0.717, 1.165) is 37.4 Å². The number of hydrogen-bond acceptors (Lipinski definition) is 5. The number of aryl methyl sites for hydroxylation is 2. The number of aromatic nitrogens is 4. The summed E-state index contributed by atoms with van der Waals surface area (Å²) in [5.41, 5.74) is 2.35. The van der Waals surface area contributed by atoms with Gasteiger partial charge in [0.25, 0.3) is 5.91 Å². The average Bonchev–Trinajstić information content (AvgIpc) is 3.08. The van der Waals surface area contributed by atoms with Gasteiger partial charge in [-0.1, -0.05) is 0 Å². The molecule has 0 saturated carbocycles. The summed E-state index contributed by atoms with van der Waals surface area (Å²) in [7, 11) is 0. The Morgan fingerprint density at radius 3 is 3.17 bits per heavy atom. The number of nitrogens with zero attached hydrogens (tertiary/aromatic N) is 4. The van der Waals surface area contributed by atoms with Crippen molar-refractivity contribution in [1.82, 2.24) is 25.3 Å². The van der Waals surface area contributed by atoms with Gasteiger partial charge in [0.2, 0.25) is 0 Å². The quantitative estimate of drug-likeness (QED) is 0.906. The van der Waals surface area contributed by atoms with Crippen molar-refractivity contribution in [2.24, 2.45) is 5.92 Å². The Balaban J connectivity index is 1.67. The van der Waals surface area contributed by atoms with Crippen molar-refractivity contribution in [3.63, 3.8) is 0 Å². The highest BCUT2D eigenvalue weighted by atomic mass is 16.5. The third kappa shape index (κ3) is 3.62. The molecule has 1 aliphatic heterocycles. The highest BCUT2D eigenvalue weighted by Crippen LogP contribution is 2.33. The molecule has 0 spiro atoms. The lowest BCUT2D eigenvalue weighted by atomic mass is 9.92. The first-order chi connectivity index (χ1) is 11.7. The molecule has 1 N–H and O–H groups in total. The first-order valence-electron chi connectivity index (χ1n) is 8.40. The van der Waals surface area contributed by atoms with E-state index in [0.29, 0.717) is 12.1 Å². The summed E-state index contributed by atoms with van der Waals surface area (Å²) in [6.45, 7) is 6.01. The van der Waals surface area contributed by atoms with E-state index < -0.39 is 0 Å². The van der Waals surface area contributed by atoms with Gasteiger partial charge in [-0.05, 0) is 38.8 Å². The van der Waals surface area contributed by atoms with Crippen molar-refractivity contribution in [3.8, 4) is 0 Å². The number of rotatable bonds is 5. The van der Waals surface area contributed by atoms with Gasteiger partial charge in [-0.3, -0.25) is 9.48 Å². The molecule has 0 unspecified atom stereocenters. The predicted molar refractivity (Wildman–Crippen MR) is 88.4 cm³/mol. The third-order valence-electron chi connectivity index (χ3n) is 4.35. The van der Waals surface area contributed by atoms with Crippen LogP contribution in [0.15, 0.2) is 24.5 Å². The fourth-order valence-electron chi connectivity index (χ4n) is 3.15. The standard InChI is InChI=1S/C17H23N5O2/c1-3-22-15(6-7-20-22)16-13(5-4-8-24-16)10-18-17(23)14-9-12(2)21-19-11-14/h6-7,9,11,13,16H,3-5,8,10H2,1-2H3,(H,18,23)/t13-,16+/m0/s1. The van der Waals surface area contributed by atoms with Crippen LogP contribution in [-0.2, 0) is 11.3 Å². The second kappa shape index (κ2) is 7.53. The maximum absolute atomic E-state index is 12.3. The summed E-state index contributed by atoms with van der Waals surface area (Å²) in [6, 6.07) is 3.74. The maximum atomic E-state index is 12.3. The normalized spacial score (nSPS) is 20.8. The molecule has 0 radical (unpaired) electrons. The van der Waals surface area contributed by atoms with E-state index in [9.17, 15) is 4.79 Å². The van der Waals surface area contributed by atoms with E-state index in [4.69, 9.17) is 4.74 Å². The lowest BCUT2D eigenvalue weighted by Crippen LogP contribution is -2.36. The minimum Gasteiger partial charge on any atom is -0.372 e. The summed E-state index contributed by atoms with van der Waals surface area (Å²) in [6.07, 6.45) is 5.29. The molecule has 128 valence electrons. The smallest absolute Gasteiger partial charge is 0.252 e. The highest BCUT2D eigenvalue weighted by Gasteiger charge is 2.30. The minimum absolute atomic E-state index is 0.0289. The van der Waals surface area contributed by atoms with Crippen LogP contribution in [0.25, 0.3) is 0 Å². The summed E-state index contributed by atoms with van der Waals surface area (Å²) in [4.78, 5) is 12.3. The van der Waals surface area contributed by atoms with Crippen molar-refractivity contribution in [1.29, 1.82) is 0 Å². The predicted octanol–water partition coefficient (Wildman–Crippen LogP) is 1.90. The molecule has 2 aromatic heterocycles. The maximum Gasteiger partial charge on any atom is 0.252 e. The Morgan fingerprint density at radius 1 is 1.50 bits per heavy atom. The second-order valence-corrected chi connectivity index (χ2v) is 6.06. The van der Waals surface area contributed by atoms with Crippen LogP contribution in [0.1, 0.15) is 47.6 Å². The van der Waals surface area contributed by atoms with E-state index in [1.165, 1.54) is 6.20 Å². The fraction of sp³-hybridized carbons (Fsp3) is 0.529.